The van der Waals surface area contributed by atoms with Crippen molar-refractivity contribution in [3.05, 3.63) is 33.9 Å². The van der Waals surface area contributed by atoms with E-state index in [1.54, 1.807) is 19.9 Å². The monoisotopic (exact) mass is 281 g/mol. The molecule has 0 saturated carbocycles. The van der Waals surface area contributed by atoms with Crippen LogP contribution >= 0.6 is 0 Å². The van der Waals surface area contributed by atoms with Crippen LogP contribution in [0.3, 0.4) is 0 Å². The Morgan fingerprint density at radius 3 is 2.65 bits per heavy atom. The van der Waals surface area contributed by atoms with Crippen molar-refractivity contribution in [2.75, 3.05) is 12.3 Å². The summed E-state index contributed by atoms with van der Waals surface area (Å²) in [5.74, 6) is -0.341. The average molecular weight is 281 g/mol. The second-order valence-electron chi connectivity index (χ2n) is 5.10. The van der Waals surface area contributed by atoms with E-state index < -0.39 is 10.5 Å². The van der Waals surface area contributed by atoms with Gasteiger partial charge in [-0.15, -0.1) is 0 Å². The summed E-state index contributed by atoms with van der Waals surface area (Å²) in [6.07, 6.45) is 0. The summed E-state index contributed by atoms with van der Waals surface area (Å²) in [5, 5.41) is 13.7. The smallest absolute Gasteiger partial charge is 0.303 e. The van der Waals surface area contributed by atoms with Crippen molar-refractivity contribution in [1.29, 1.82) is 0 Å². The van der Waals surface area contributed by atoms with Gasteiger partial charge in [0.15, 0.2) is 0 Å². The molecule has 0 aromatic heterocycles. The van der Waals surface area contributed by atoms with Gasteiger partial charge in [-0.25, -0.2) is 0 Å². The molecule has 0 atom stereocenters. The summed E-state index contributed by atoms with van der Waals surface area (Å²) in [6, 6.07) is 4.35. The van der Waals surface area contributed by atoms with E-state index in [-0.39, 0.29) is 11.7 Å². The van der Waals surface area contributed by atoms with Gasteiger partial charge in [0.2, 0.25) is 0 Å². The van der Waals surface area contributed by atoms with E-state index in [9.17, 15) is 14.9 Å². The van der Waals surface area contributed by atoms with E-state index >= 15 is 0 Å². The van der Waals surface area contributed by atoms with Gasteiger partial charge in [-0.05, 0) is 25.5 Å². The number of carbonyl (C=O) groups is 1. The maximum absolute atomic E-state index is 10.9. The standard InChI is InChI=1S/C13H19N3O4/c1-9(17)20-13(2,3)8-15-7-10-4-5-11(16(18)19)6-12(10)14/h4-6,15H,7-8,14H2,1-3H3. The van der Waals surface area contributed by atoms with Crippen LogP contribution in [0.4, 0.5) is 11.4 Å². The third kappa shape index (κ3) is 4.85. The molecule has 0 aliphatic rings. The number of nitro groups is 1. The Hall–Kier alpha value is -2.15. The molecule has 7 heteroatoms. The number of nitrogens with zero attached hydrogens (tertiary/aromatic N) is 1. The maximum Gasteiger partial charge on any atom is 0.303 e. The predicted octanol–water partition coefficient (Wildman–Crippen LogP) is 1.61. The van der Waals surface area contributed by atoms with Crippen molar-refractivity contribution in [3.8, 4) is 0 Å². The number of benzene rings is 1. The highest BCUT2D eigenvalue weighted by molar-refractivity contribution is 5.66. The quantitative estimate of drug-likeness (QED) is 0.355. The normalized spacial score (nSPS) is 11.2. The number of nitrogens with one attached hydrogen (secondary N) is 1. The molecule has 1 rings (SSSR count). The van der Waals surface area contributed by atoms with E-state index in [0.29, 0.717) is 18.8 Å². The van der Waals surface area contributed by atoms with Crippen molar-refractivity contribution in [2.24, 2.45) is 0 Å². The summed E-state index contributed by atoms with van der Waals surface area (Å²) < 4.78 is 5.13. The molecule has 110 valence electrons. The van der Waals surface area contributed by atoms with Crippen LogP contribution in [0, 0.1) is 10.1 Å². The van der Waals surface area contributed by atoms with Crippen LogP contribution in [-0.4, -0.2) is 23.0 Å². The van der Waals surface area contributed by atoms with E-state index in [4.69, 9.17) is 10.5 Å². The van der Waals surface area contributed by atoms with Gasteiger partial charge in [0.25, 0.3) is 5.69 Å². The van der Waals surface area contributed by atoms with Crippen molar-refractivity contribution < 1.29 is 14.5 Å². The molecule has 0 aliphatic carbocycles. The van der Waals surface area contributed by atoms with Crippen LogP contribution in [0.25, 0.3) is 0 Å². The number of non-ortho nitro benzene ring substituents is 1. The first-order valence-electron chi connectivity index (χ1n) is 6.14. The minimum absolute atomic E-state index is 0.0357. The second-order valence-corrected chi connectivity index (χ2v) is 5.10. The van der Waals surface area contributed by atoms with Crippen molar-refractivity contribution >= 4 is 17.3 Å². The molecule has 0 spiro atoms. The third-order valence-electron chi connectivity index (χ3n) is 2.63. The van der Waals surface area contributed by atoms with Gasteiger partial charge in [0, 0.05) is 37.8 Å². The number of rotatable bonds is 6. The summed E-state index contributed by atoms with van der Waals surface area (Å²) in [4.78, 5) is 21.0. The highest BCUT2D eigenvalue weighted by atomic mass is 16.6. The summed E-state index contributed by atoms with van der Waals surface area (Å²) >= 11 is 0. The summed E-state index contributed by atoms with van der Waals surface area (Å²) in [7, 11) is 0. The van der Waals surface area contributed by atoms with Crippen molar-refractivity contribution in [3.63, 3.8) is 0 Å². The zero-order valence-electron chi connectivity index (χ0n) is 11.8. The number of hydrogen-bond acceptors (Lipinski definition) is 6. The molecule has 0 heterocycles. The number of anilines is 1. The topological polar surface area (TPSA) is 107 Å². The van der Waals surface area contributed by atoms with E-state index in [0.717, 1.165) is 5.56 Å². The number of esters is 1. The molecule has 1 aromatic carbocycles. The summed E-state index contributed by atoms with van der Waals surface area (Å²) in [5.41, 5.74) is 6.22. The first kappa shape index (κ1) is 15.9. The predicted molar refractivity (Wildman–Crippen MR) is 75.1 cm³/mol. The Morgan fingerprint density at radius 1 is 1.50 bits per heavy atom. The molecule has 0 amide bonds. The van der Waals surface area contributed by atoms with E-state index in [1.165, 1.54) is 19.1 Å². The van der Waals surface area contributed by atoms with E-state index in [2.05, 4.69) is 5.32 Å². The Labute approximate surface area is 117 Å². The number of carbonyl (C=O) groups excluding carboxylic acids is 1. The fourth-order valence-corrected chi connectivity index (χ4v) is 1.78. The lowest BCUT2D eigenvalue weighted by atomic mass is 10.1. The first-order valence-corrected chi connectivity index (χ1v) is 6.14. The number of nitro benzene ring substituents is 1. The number of nitrogen functional groups attached to an aromatic ring is 1. The van der Waals surface area contributed by atoms with Crippen molar-refractivity contribution in [1.82, 2.24) is 5.32 Å². The molecule has 0 aliphatic heterocycles. The number of nitrogens with two attached hydrogens (primary N) is 1. The SMILES string of the molecule is CC(=O)OC(C)(C)CNCc1ccc([N+](=O)[O-])cc1N. The highest BCUT2D eigenvalue weighted by Gasteiger charge is 2.20. The molecular formula is C13H19N3O4. The zero-order valence-corrected chi connectivity index (χ0v) is 11.8. The Balaban J connectivity index is 2.58. The largest absolute Gasteiger partial charge is 0.458 e. The molecule has 3 N–H and O–H groups in total. The Kier molecular flexibility index (Phi) is 5.04. The van der Waals surface area contributed by atoms with Crippen LogP contribution in [0.1, 0.15) is 26.3 Å². The molecule has 0 bridgehead atoms. The van der Waals surface area contributed by atoms with Gasteiger partial charge in [0.05, 0.1) is 4.92 Å². The van der Waals surface area contributed by atoms with Crippen LogP contribution in [0.2, 0.25) is 0 Å². The Morgan fingerprint density at radius 2 is 2.15 bits per heavy atom. The third-order valence-corrected chi connectivity index (χ3v) is 2.63. The van der Waals surface area contributed by atoms with Crippen LogP contribution in [-0.2, 0) is 16.1 Å². The minimum atomic E-state index is -0.624. The molecule has 0 unspecified atom stereocenters. The van der Waals surface area contributed by atoms with Gasteiger partial charge >= 0.3 is 5.97 Å². The van der Waals surface area contributed by atoms with Gasteiger partial charge in [-0.2, -0.15) is 0 Å². The molecule has 1 aromatic rings. The van der Waals surface area contributed by atoms with Gasteiger partial charge in [-0.1, -0.05) is 0 Å². The molecule has 0 saturated heterocycles. The molecule has 7 nitrogen and oxygen atoms in total. The average Bonchev–Trinajstić information content (AvgIpc) is 2.29. The molecule has 0 fully saturated rings. The zero-order chi connectivity index (χ0) is 15.3. The number of ether oxygens (including phenoxy) is 1. The fourth-order valence-electron chi connectivity index (χ4n) is 1.78. The maximum atomic E-state index is 10.9. The van der Waals surface area contributed by atoms with Crippen molar-refractivity contribution in [2.45, 2.75) is 32.9 Å². The van der Waals surface area contributed by atoms with Crippen LogP contribution < -0.4 is 11.1 Å². The first-order chi connectivity index (χ1) is 9.21. The lowest BCUT2D eigenvalue weighted by Gasteiger charge is -2.24. The highest BCUT2D eigenvalue weighted by Crippen LogP contribution is 2.19. The van der Waals surface area contributed by atoms with Crippen LogP contribution in [0.15, 0.2) is 18.2 Å². The molecule has 20 heavy (non-hydrogen) atoms. The number of hydrogen-bond donors (Lipinski definition) is 2. The van der Waals surface area contributed by atoms with Gasteiger partial charge < -0.3 is 15.8 Å². The fraction of sp³-hybridized carbons (Fsp3) is 0.462. The summed E-state index contributed by atoms with van der Waals surface area (Å²) in [6.45, 7) is 5.83. The molecular weight excluding hydrogens is 262 g/mol. The minimum Gasteiger partial charge on any atom is -0.458 e. The molecule has 0 radical (unpaired) electrons. The van der Waals surface area contributed by atoms with Gasteiger partial charge in [-0.3, -0.25) is 14.9 Å². The Bertz CT molecular complexity index is 514. The van der Waals surface area contributed by atoms with Gasteiger partial charge in [0.1, 0.15) is 5.60 Å². The lowest BCUT2D eigenvalue weighted by molar-refractivity contribution is -0.384. The van der Waals surface area contributed by atoms with E-state index in [1.807, 2.05) is 0 Å². The lowest BCUT2D eigenvalue weighted by Crippen LogP contribution is -2.38. The second kappa shape index (κ2) is 6.33. The van der Waals surface area contributed by atoms with Crippen LogP contribution in [0.5, 0.6) is 0 Å².